The van der Waals surface area contributed by atoms with Crippen LogP contribution in [-0.4, -0.2) is 16.8 Å². The number of benzene rings is 1. The van der Waals surface area contributed by atoms with Crippen LogP contribution in [0.15, 0.2) is 12.1 Å². The van der Waals surface area contributed by atoms with Crippen molar-refractivity contribution in [3.8, 4) is 0 Å². The highest BCUT2D eigenvalue weighted by molar-refractivity contribution is 5.98. The number of carbonyl (C=O) groups excluding carboxylic acids is 2. The van der Waals surface area contributed by atoms with Crippen molar-refractivity contribution < 1.29 is 19.2 Å². The highest BCUT2D eigenvalue weighted by atomic mass is 16.6. The lowest BCUT2D eigenvalue weighted by atomic mass is 10.1. The summed E-state index contributed by atoms with van der Waals surface area (Å²) in [6.07, 6.45) is 0. The van der Waals surface area contributed by atoms with Gasteiger partial charge in [0.15, 0.2) is 0 Å². The summed E-state index contributed by atoms with van der Waals surface area (Å²) in [5, 5.41) is 13.1. The molecular formula is C10H8N2O5. The van der Waals surface area contributed by atoms with Gasteiger partial charge in [-0.05, 0) is 6.07 Å². The third kappa shape index (κ3) is 1.94. The number of nitro groups is 1. The molecule has 0 radical (unpaired) electrons. The van der Waals surface area contributed by atoms with E-state index in [1.807, 2.05) is 0 Å². The van der Waals surface area contributed by atoms with Gasteiger partial charge in [-0.3, -0.25) is 14.9 Å². The molecule has 2 rings (SSSR count). The Kier molecular flexibility index (Phi) is 2.51. The van der Waals surface area contributed by atoms with Crippen LogP contribution in [0.4, 0.5) is 11.4 Å². The monoisotopic (exact) mass is 236 g/mol. The Morgan fingerprint density at radius 2 is 2.24 bits per heavy atom. The van der Waals surface area contributed by atoms with Crippen LogP contribution in [0.1, 0.15) is 22.8 Å². The molecule has 0 fully saturated rings. The number of anilines is 1. The Balaban J connectivity index is 2.55. The van der Waals surface area contributed by atoms with Gasteiger partial charge in [0.05, 0.1) is 10.5 Å². The first-order valence-corrected chi connectivity index (χ1v) is 4.75. The van der Waals surface area contributed by atoms with E-state index in [-0.39, 0.29) is 23.5 Å². The molecule has 1 heterocycles. The van der Waals surface area contributed by atoms with E-state index in [2.05, 4.69) is 5.32 Å². The molecule has 17 heavy (non-hydrogen) atoms. The second kappa shape index (κ2) is 3.85. The third-order valence-corrected chi connectivity index (χ3v) is 2.31. The fourth-order valence-corrected chi connectivity index (χ4v) is 1.60. The molecule has 0 aromatic heterocycles. The number of hydrogen-bond acceptors (Lipinski definition) is 5. The maximum Gasteiger partial charge on any atom is 0.338 e. The Bertz CT molecular complexity index is 538. The van der Waals surface area contributed by atoms with Gasteiger partial charge in [0.2, 0.25) is 5.91 Å². The van der Waals surface area contributed by atoms with Crippen molar-refractivity contribution in [2.45, 2.75) is 13.5 Å². The minimum absolute atomic E-state index is 0.0000926. The summed E-state index contributed by atoms with van der Waals surface area (Å²) in [5.41, 5.74) is 0.451. The normalized spacial score (nSPS) is 12.9. The van der Waals surface area contributed by atoms with Crippen molar-refractivity contribution in [1.29, 1.82) is 0 Å². The van der Waals surface area contributed by atoms with Crippen molar-refractivity contribution in [2.24, 2.45) is 0 Å². The fourth-order valence-electron chi connectivity index (χ4n) is 1.60. The molecule has 7 nitrogen and oxygen atoms in total. The van der Waals surface area contributed by atoms with Crippen LogP contribution in [0, 0.1) is 10.1 Å². The first-order valence-electron chi connectivity index (χ1n) is 4.75. The first kappa shape index (κ1) is 11.1. The molecule has 7 heteroatoms. The topological polar surface area (TPSA) is 98.5 Å². The fraction of sp³-hybridized carbons (Fsp3) is 0.200. The van der Waals surface area contributed by atoms with Gasteiger partial charge in [-0.2, -0.15) is 0 Å². The lowest BCUT2D eigenvalue weighted by Gasteiger charge is -2.04. The quantitative estimate of drug-likeness (QED) is 0.473. The van der Waals surface area contributed by atoms with Gasteiger partial charge in [-0.15, -0.1) is 0 Å². The molecule has 0 bridgehead atoms. The minimum atomic E-state index is -0.617. The standard InChI is InChI=1S/C10H8N2O5/c1-5(13)11-8-3-7-6(4-17-10(7)14)2-9(8)12(15)16/h2-3H,4H2,1H3,(H,11,13). The third-order valence-electron chi connectivity index (χ3n) is 2.31. The van der Waals surface area contributed by atoms with Crippen LogP contribution < -0.4 is 5.32 Å². The molecule has 1 aromatic carbocycles. The van der Waals surface area contributed by atoms with Crippen LogP contribution in [0.5, 0.6) is 0 Å². The molecular weight excluding hydrogens is 228 g/mol. The average Bonchev–Trinajstić information content (AvgIpc) is 2.58. The first-order chi connectivity index (χ1) is 7.99. The summed E-state index contributed by atoms with van der Waals surface area (Å²) in [6, 6.07) is 2.51. The molecule has 0 atom stereocenters. The van der Waals surface area contributed by atoms with Gasteiger partial charge in [0, 0.05) is 18.6 Å². The molecule has 0 saturated heterocycles. The van der Waals surface area contributed by atoms with Gasteiger partial charge in [-0.1, -0.05) is 0 Å². The van der Waals surface area contributed by atoms with E-state index >= 15 is 0 Å². The van der Waals surface area contributed by atoms with E-state index in [0.717, 1.165) is 0 Å². The Morgan fingerprint density at radius 3 is 2.82 bits per heavy atom. The summed E-state index contributed by atoms with van der Waals surface area (Å²) in [5.74, 6) is -0.985. The smallest absolute Gasteiger partial charge is 0.338 e. The maximum atomic E-state index is 11.3. The van der Waals surface area contributed by atoms with Crippen molar-refractivity contribution in [3.05, 3.63) is 33.4 Å². The summed E-state index contributed by atoms with van der Waals surface area (Å²) < 4.78 is 4.74. The predicted molar refractivity (Wildman–Crippen MR) is 56.5 cm³/mol. The van der Waals surface area contributed by atoms with Crippen molar-refractivity contribution in [3.63, 3.8) is 0 Å². The Morgan fingerprint density at radius 1 is 1.53 bits per heavy atom. The number of esters is 1. The molecule has 1 aromatic rings. The maximum absolute atomic E-state index is 11.3. The number of ether oxygens (including phenoxy) is 1. The SMILES string of the molecule is CC(=O)Nc1cc2c(cc1[N+](=O)[O-])COC2=O. The predicted octanol–water partition coefficient (Wildman–Crippen LogP) is 1.22. The summed E-state index contributed by atoms with van der Waals surface area (Å²) in [7, 11) is 0. The number of nitrogens with zero attached hydrogens (tertiary/aromatic N) is 1. The van der Waals surface area contributed by atoms with E-state index in [9.17, 15) is 19.7 Å². The van der Waals surface area contributed by atoms with Crippen molar-refractivity contribution >= 4 is 23.3 Å². The number of rotatable bonds is 2. The van der Waals surface area contributed by atoms with E-state index in [1.54, 1.807) is 0 Å². The molecule has 0 saturated carbocycles. The lowest BCUT2D eigenvalue weighted by Crippen LogP contribution is -2.09. The van der Waals surface area contributed by atoms with Gasteiger partial charge >= 0.3 is 5.97 Å². The van der Waals surface area contributed by atoms with Gasteiger partial charge in [0.25, 0.3) is 5.69 Å². The molecule has 0 unspecified atom stereocenters. The molecule has 1 aliphatic rings. The minimum Gasteiger partial charge on any atom is -0.457 e. The van der Waals surface area contributed by atoms with Gasteiger partial charge < -0.3 is 10.1 Å². The zero-order valence-corrected chi connectivity index (χ0v) is 8.85. The Hall–Kier alpha value is -2.44. The number of fused-ring (bicyclic) bond motifs is 1. The summed E-state index contributed by atoms with van der Waals surface area (Å²) in [4.78, 5) is 32.4. The van der Waals surface area contributed by atoms with Crippen LogP contribution in [0.3, 0.4) is 0 Å². The number of hydrogen-bond donors (Lipinski definition) is 1. The highest BCUT2D eigenvalue weighted by Gasteiger charge is 2.27. The van der Waals surface area contributed by atoms with Crippen LogP contribution in [0.25, 0.3) is 0 Å². The second-order valence-corrected chi connectivity index (χ2v) is 3.54. The van der Waals surface area contributed by atoms with E-state index < -0.39 is 16.8 Å². The lowest BCUT2D eigenvalue weighted by molar-refractivity contribution is -0.384. The van der Waals surface area contributed by atoms with E-state index in [1.165, 1.54) is 19.1 Å². The second-order valence-electron chi connectivity index (χ2n) is 3.54. The molecule has 1 N–H and O–H groups in total. The zero-order valence-electron chi connectivity index (χ0n) is 8.85. The van der Waals surface area contributed by atoms with Gasteiger partial charge in [-0.25, -0.2) is 4.79 Å². The number of amides is 1. The summed E-state index contributed by atoms with van der Waals surface area (Å²) >= 11 is 0. The average molecular weight is 236 g/mol. The van der Waals surface area contributed by atoms with Gasteiger partial charge in [0.1, 0.15) is 12.3 Å². The zero-order chi connectivity index (χ0) is 12.6. The Labute approximate surface area is 95.5 Å². The van der Waals surface area contributed by atoms with Crippen molar-refractivity contribution in [1.82, 2.24) is 0 Å². The largest absolute Gasteiger partial charge is 0.457 e. The van der Waals surface area contributed by atoms with Crippen molar-refractivity contribution in [2.75, 3.05) is 5.32 Å². The summed E-state index contributed by atoms with van der Waals surface area (Å²) in [6.45, 7) is 1.25. The molecule has 0 spiro atoms. The number of nitro benzene ring substituents is 1. The molecule has 1 aliphatic heterocycles. The van der Waals surface area contributed by atoms with E-state index in [0.29, 0.717) is 5.56 Å². The molecule has 88 valence electrons. The van der Waals surface area contributed by atoms with Crippen LogP contribution in [-0.2, 0) is 16.1 Å². The number of carbonyl (C=O) groups is 2. The van der Waals surface area contributed by atoms with Crippen LogP contribution in [0.2, 0.25) is 0 Å². The number of cyclic esters (lactones) is 1. The van der Waals surface area contributed by atoms with Crippen LogP contribution >= 0.6 is 0 Å². The molecule has 1 amide bonds. The highest BCUT2D eigenvalue weighted by Crippen LogP contribution is 2.32. The number of nitrogens with one attached hydrogen (secondary N) is 1. The molecule has 0 aliphatic carbocycles. The van der Waals surface area contributed by atoms with E-state index in [4.69, 9.17) is 4.74 Å².